The first-order valence-corrected chi connectivity index (χ1v) is 21.7. The highest BCUT2D eigenvalue weighted by Gasteiger charge is 2.42. The van der Waals surface area contributed by atoms with Crippen molar-refractivity contribution < 1.29 is 0 Å². The molecular weight excluding hydrogens is 703 g/mol. The van der Waals surface area contributed by atoms with Crippen LogP contribution in [0.5, 0.6) is 0 Å². The van der Waals surface area contributed by atoms with E-state index >= 15 is 0 Å². The van der Waals surface area contributed by atoms with Crippen molar-refractivity contribution >= 4 is 28.5 Å². The van der Waals surface area contributed by atoms with E-state index < -0.39 is 0 Å². The van der Waals surface area contributed by atoms with E-state index in [-0.39, 0.29) is 21.7 Å². The molecule has 302 valence electrons. The fourth-order valence-corrected chi connectivity index (χ4v) is 9.20. The number of para-hydroxylation sites is 2. The van der Waals surface area contributed by atoms with Crippen molar-refractivity contribution in [2.45, 2.75) is 120 Å². The minimum atomic E-state index is -0.116. The standard InChI is InChI=1S/C55H68N3/c1-39-23-29-47-45(37-39)54(9,10)49(56(47)35-33-52(3,4)5)31-27-41-25-26-42(51(41)58(43-19-15-13-16-20-43)44-21-17-14-18-22-44)28-32-50-55(11,12)46-38-40(2)24-30-48(46)57(50)36-34-53(6,7)8/h13-24,27-32,37-38H,25-26,33-36H2,1-12H3/q+1. The molecule has 3 nitrogen and oxygen atoms in total. The Morgan fingerprint density at radius 2 is 0.914 bits per heavy atom. The fourth-order valence-electron chi connectivity index (χ4n) is 9.20. The molecule has 3 heteroatoms. The maximum absolute atomic E-state index is 2.62. The van der Waals surface area contributed by atoms with E-state index in [1.54, 1.807) is 0 Å². The van der Waals surface area contributed by atoms with Crippen molar-refractivity contribution in [2.24, 2.45) is 10.8 Å². The van der Waals surface area contributed by atoms with Crippen molar-refractivity contribution in [3.63, 3.8) is 0 Å². The first-order chi connectivity index (χ1) is 27.3. The second kappa shape index (κ2) is 15.7. The van der Waals surface area contributed by atoms with Gasteiger partial charge in [-0.2, -0.15) is 4.58 Å². The van der Waals surface area contributed by atoms with Gasteiger partial charge in [-0.05, 0) is 85.8 Å². The Hall–Kier alpha value is -4.89. The molecule has 58 heavy (non-hydrogen) atoms. The number of nitrogens with zero attached hydrogens (tertiary/aromatic N) is 3. The van der Waals surface area contributed by atoms with Crippen LogP contribution in [0.25, 0.3) is 0 Å². The normalized spacial score (nSPS) is 20.2. The third-order valence-electron chi connectivity index (χ3n) is 12.7. The molecule has 1 aliphatic carbocycles. The molecule has 0 saturated heterocycles. The van der Waals surface area contributed by atoms with Crippen LogP contribution in [0.3, 0.4) is 0 Å². The number of anilines is 2. The first-order valence-electron chi connectivity index (χ1n) is 21.7. The highest BCUT2D eigenvalue weighted by atomic mass is 15.2. The summed E-state index contributed by atoms with van der Waals surface area (Å²) in [4.78, 5) is 5.24. The van der Waals surface area contributed by atoms with E-state index in [4.69, 9.17) is 0 Å². The average Bonchev–Trinajstić information content (AvgIpc) is 3.72. The summed E-state index contributed by atoms with van der Waals surface area (Å²) in [5.74, 6) is 0. The molecule has 4 aromatic carbocycles. The van der Waals surface area contributed by atoms with Crippen LogP contribution in [-0.2, 0) is 10.8 Å². The van der Waals surface area contributed by atoms with Crippen molar-refractivity contribution in [2.75, 3.05) is 22.9 Å². The molecule has 0 aromatic heterocycles. The van der Waals surface area contributed by atoms with Crippen LogP contribution in [0.1, 0.15) is 117 Å². The number of rotatable bonds is 8. The zero-order valence-corrected chi connectivity index (χ0v) is 37.6. The van der Waals surface area contributed by atoms with Crippen LogP contribution in [-0.4, -0.2) is 18.8 Å². The maximum atomic E-state index is 2.62. The molecule has 7 rings (SSSR count). The minimum absolute atomic E-state index is 0.116. The zero-order chi connectivity index (χ0) is 41.6. The Morgan fingerprint density at radius 3 is 1.28 bits per heavy atom. The van der Waals surface area contributed by atoms with Gasteiger partial charge in [-0.15, -0.1) is 0 Å². The predicted molar refractivity (Wildman–Crippen MR) is 252 cm³/mol. The van der Waals surface area contributed by atoms with E-state index in [1.165, 1.54) is 73.3 Å². The highest BCUT2D eigenvalue weighted by Crippen LogP contribution is 2.50. The number of aryl methyl sites for hydroxylation is 2. The summed E-state index contributed by atoms with van der Waals surface area (Å²) in [7, 11) is 0. The lowest BCUT2D eigenvalue weighted by Gasteiger charge is -2.30. The van der Waals surface area contributed by atoms with E-state index in [1.807, 2.05) is 0 Å². The Kier molecular flexibility index (Phi) is 11.2. The molecule has 0 N–H and O–H groups in total. The summed E-state index contributed by atoms with van der Waals surface area (Å²) in [5, 5.41) is 0. The molecule has 4 aromatic rings. The van der Waals surface area contributed by atoms with Gasteiger partial charge in [0.2, 0.25) is 17.1 Å². The maximum Gasteiger partial charge on any atom is 0.218 e. The molecule has 3 aliphatic rings. The number of fused-ring (bicyclic) bond motifs is 2. The number of allylic oxidation sites excluding steroid dienone is 8. The number of benzene rings is 4. The van der Waals surface area contributed by atoms with Gasteiger partial charge in [-0.25, -0.2) is 0 Å². The van der Waals surface area contributed by atoms with Crippen LogP contribution < -0.4 is 14.4 Å². The third-order valence-corrected chi connectivity index (χ3v) is 12.7. The van der Waals surface area contributed by atoms with Gasteiger partial charge in [0, 0.05) is 82.1 Å². The van der Waals surface area contributed by atoms with E-state index in [9.17, 15) is 0 Å². The van der Waals surface area contributed by atoms with Crippen LogP contribution >= 0.6 is 0 Å². The van der Waals surface area contributed by atoms with Gasteiger partial charge in [-0.1, -0.05) is 153 Å². The Morgan fingerprint density at radius 1 is 0.534 bits per heavy atom. The molecule has 0 radical (unpaired) electrons. The largest absolute Gasteiger partial charge is 0.344 e. The Labute approximate surface area is 351 Å². The Bertz CT molecular complexity index is 2150. The third kappa shape index (κ3) is 8.33. The van der Waals surface area contributed by atoms with Crippen molar-refractivity contribution in [1.82, 2.24) is 4.58 Å². The van der Waals surface area contributed by atoms with Gasteiger partial charge in [0.25, 0.3) is 0 Å². The topological polar surface area (TPSA) is 9.49 Å². The molecule has 2 heterocycles. The molecule has 0 amide bonds. The van der Waals surface area contributed by atoms with Gasteiger partial charge in [0.05, 0.1) is 0 Å². The van der Waals surface area contributed by atoms with Crippen LogP contribution in [0, 0.1) is 24.7 Å². The lowest BCUT2D eigenvalue weighted by atomic mass is 9.83. The molecule has 0 unspecified atom stereocenters. The number of hydrogen-bond acceptors (Lipinski definition) is 2. The van der Waals surface area contributed by atoms with Crippen molar-refractivity contribution in [3.05, 3.63) is 166 Å². The van der Waals surface area contributed by atoms with Crippen molar-refractivity contribution in [1.29, 1.82) is 0 Å². The minimum Gasteiger partial charge on any atom is -0.344 e. The molecule has 2 aliphatic heterocycles. The van der Waals surface area contributed by atoms with Gasteiger partial charge in [-0.3, -0.25) is 0 Å². The monoisotopic (exact) mass is 771 g/mol. The van der Waals surface area contributed by atoms with Crippen LogP contribution in [0.4, 0.5) is 22.7 Å². The van der Waals surface area contributed by atoms with E-state index in [2.05, 4.69) is 219 Å². The highest BCUT2D eigenvalue weighted by molar-refractivity contribution is 6.17. The second-order valence-corrected chi connectivity index (χ2v) is 20.6. The first kappa shape index (κ1) is 41.3. The molecule has 0 atom stereocenters. The van der Waals surface area contributed by atoms with Crippen LogP contribution in [0.2, 0.25) is 0 Å². The fraction of sp³-hybridized carbons (Fsp3) is 0.400. The van der Waals surface area contributed by atoms with Gasteiger partial charge < -0.3 is 9.80 Å². The predicted octanol–water partition coefficient (Wildman–Crippen LogP) is 14.5. The summed E-state index contributed by atoms with van der Waals surface area (Å²) < 4.78 is 2.51. The number of hydrogen-bond donors (Lipinski definition) is 0. The van der Waals surface area contributed by atoms with Gasteiger partial charge >= 0.3 is 0 Å². The zero-order valence-electron chi connectivity index (χ0n) is 37.6. The Balaban J connectivity index is 1.42. The molecular formula is C55H68N3+. The summed E-state index contributed by atoms with van der Waals surface area (Å²) in [6.45, 7) is 30.2. The molecule has 0 spiro atoms. The molecule has 1 saturated carbocycles. The van der Waals surface area contributed by atoms with E-state index in [0.29, 0.717) is 0 Å². The smallest absolute Gasteiger partial charge is 0.218 e. The second-order valence-electron chi connectivity index (χ2n) is 20.6. The SMILES string of the molecule is Cc1ccc2c(c1)C(C)(C)/C(=C\C=C1/CC/C(=C\C=C3\N(CCC(C)(C)C)c4ccc(C)cc4C3(C)C)C1=[N+](c1ccccc1)c1ccccc1)N2CCC(C)(C)C. The summed E-state index contributed by atoms with van der Waals surface area (Å²) in [6.07, 6.45) is 14.1. The lowest BCUT2D eigenvalue weighted by molar-refractivity contribution is 0.381. The summed E-state index contributed by atoms with van der Waals surface area (Å²) in [5.41, 5.74) is 17.6. The van der Waals surface area contributed by atoms with Crippen molar-refractivity contribution in [3.8, 4) is 0 Å². The van der Waals surface area contributed by atoms with Gasteiger partial charge in [0.15, 0.2) is 0 Å². The summed E-state index contributed by atoms with van der Waals surface area (Å²) >= 11 is 0. The lowest BCUT2D eigenvalue weighted by Crippen LogP contribution is -2.29. The van der Waals surface area contributed by atoms with Crippen LogP contribution in [0.15, 0.2) is 144 Å². The molecule has 0 bridgehead atoms. The molecule has 1 fully saturated rings. The summed E-state index contributed by atoms with van der Waals surface area (Å²) in [6, 6.07) is 36.0. The average molecular weight is 771 g/mol. The van der Waals surface area contributed by atoms with E-state index in [0.717, 1.165) is 38.8 Å². The van der Waals surface area contributed by atoms with Gasteiger partial charge in [0.1, 0.15) is 0 Å². The quantitative estimate of drug-likeness (QED) is 0.165.